The van der Waals surface area contributed by atoms with Gasteiger partial charge in [0.15, 0.2) is 0 Å². The van der Waals surface area contributed by atoms with Crippen molar-refractivity contribution in [1.82, 2.24) is 0 Å². The first-order valence-corrected chi connectivity index (χ1v) is 10.6. The zero-order valence-electron chi connectivity index (χ0n) is 16.6. The lowest BCUT2D eigenvalue weighted by Crippen LogP contribution is -2.45. The molecule has 0 radical (unpaired) electrons. The number of fused-ring (bicyclic) bond motifs is 3. The highest BCUT2D eigenvalue weighted by atomic mass is 16.5. The maximum Gasteiger partial charge on any atom is 0.139 e. The van der Waals surface area contributed by atoms with E-state index in [4.69, 9.17) is 9.84 Å². The Kier molecular flexibility index (Phi) is 6.40. The fourth-order valence-corrected chi connectivity index (χ4v) is 6.30. The first-order valence-electron chi connectivity index (χ1n) is 10.6. The number of hydrogen-bond acceptors (Lipinski definition) is 3. The molecule has 0 aliphatic heterocycles. The molecule has 0 aromatic heterocycles. The smallest absolute Gasteiger partial charge is 0.139 e. The van der Waals surface area contributed by atoms with Gasteiger partial charge in [-0.1, -0.05) is 37.5 Å². The summed E-state index contributed by atoms with van der Waals surface area (Å²) < 4.78 is 5.74. The van der Waals surface area contributed by atoms with Gasteiger partial charge >= 0.3 is 0 Å². The summed E-state index contributed by atoms with van der Waals surface area (Å²) in [5, 5.41) is 9.04. The lowest BCUT2D eigenvalue weighted by Gasteiger charge is -2.50. The molecule has 0 spiro atoms. The predicted molar refractivity (Wildman–Crippen MR) is 105 cm³/mol. The van der Waals surface area contributed by atoms with Crippen LogP contribution >= 0.6 is 0 Å². The zero-order valence-corrected chi connectivity index (χ0v) is 16.6. The third-order valence-electron chi connectivity index (χ3n) is 7.35. The van der Waals surface area contributed by atoms with Gasteiger partial charge in [0, 0.05) is 17.8 Å². The molecule has 3 nitrogen and oxygen atoms in total. The third-order valence-corrected chi connectivity index (χ3v) is 7.35. The van der Waals surface area contributed by atoms with Gasteiger partial charge < -0.3 is 9.84 Å². The first kappa shape index (κ1) is 19.8. The largest absolute Gasteiger partial charge is 0.394 e. The summed E-state index contributed by atoms with van der Waals surface area (Å²) in [6.45, 7) is 9.77. The summed E-state index contributed by atoms with van der Waals surface area (Å²) >= 11 is 0. The van der Waals surface area contributed by atoms with Crippen molar-refractivity contribution in [3.63, 3.8) is 0 Å². The van der Waals surface area contributed by atoms with E-state index in [1.165, 1.54) is 6.42 Å². The first-order chi connectivity index (χ1) is 12.6. The number of hydrogen-bond donors (Lipinski definition) is 1. The summed E-state index contributed by atoms with van der Waals surface area (Å²) in [6.07, 6.45) is 10.5. The van der Waals surface area contributed by atoms with Gasteiger partial charge in [-0.15, -0.1) is 6.58 Å². The average molecular weight is 361 g/mol. The fourth-order valence-electron chi connectivity index (χ4n) is 6.30. The van der Waals surface area contributed by atoms with Gasteiger partial charge in [-0.25, -0.2) is 0 Å². The van der Waals surface area contributed by atoms with Crippen LogP contribution in [0, 0.1) is 29.1 Å². The maximum absolute atomic E-state index is 12.7. The molecule has 0 aromatic rings. The van der Waals surface area contributed by atoms with Gasteiger partial charge in [-0.2, -0.15) is 0 Å². The maximum atomic E-state index is 12.7. The molecule has 5 atom stereocenters. The molecule has 3 aliphatic carbocycles. The van der Waals surface area contributed by atoms with Crippen molar-refractivity contribution >= 4 is 5.78 Å². The van der Waals surface area contributed by atoms with E-state index in [0.29, 0.717) is 36.1 Å². The van der Waals surface area contributed by atoms with E-state index in [-0.39, 0.29) is 12.0 Å². The van der Waals surface area contributed by atoms with Crippen molar-refractivity contribution in [3.8, 4) is 0 Å². The highest BCUT2D eigenvalue weighted by Gasteiger charge is 2.55. The van der Waals surface area contributed by atoms with Gasteiger partial charge in [-0.3, -0.25) is 4.79 Å². The number of Topliss-reactive ketones (excluding diaryl/α,β-unsaturated/α-hetero) is 1. The summed E-state index contributed by atoms with van der Waals surface area (Å²) in [5.74, 6) is 2.59. The molecule has 5 unspecified atom stereocenters. The molecule has 3 aliphatic rings. The number of allylic oxidation sites excluding steroid dienone is 2. The number of carbonyl (C=O) groups is 1. The number of ketones is 1. The minimum absolute atomic E-state index is 0.0939. The monoisotopic (exact) mass is 360 g/mol. The molecule has 0 saturated heterocycles. The SMILES string of the molecule is C=CCC1CC2(C)C(=O)CCC2C2CCC(COCCO)C(CCC)=C12. The van der Waals surface area contributed by atoms with Crippen LogP contribution in [0.3, 0.4) is 0 Å². The van der Waals surface area contributed by atoms with E-state index in [9.17, 15) is 4.79 Å². The fraction of sp³-hybridized carbons (Fsp3) is 0.783. The van der Waals surface area contributed by atoms with Crippen LogP contribution in [-0.2, 0) is 9.53 Å². The number of carbonyl (C=O) groups excluding carboxylic acids is 1. The predicted octanol–water partition coefficient (Wildman–Crippen LogP) is 4.70. The van der Waals surface area contributed by atoms with Crippen LogP contribution < -0.4 is 0 Å². The molecule has 1 N–H and O–H groups in total. The second kappa shape index (κ2) is 8.39. The third kappa shape index (κ3) is 3.45. The summed E-state index contributed by atoms with van der Waals surface area (Å²) in [7, 11) is 0. The van der Waals surface area contributed by atoms with E-state index in [1.54, 1.807) is 11.1 Å². The Morgan fingerprint density at radius 2 is 2.12 bits per heavy atom. The molecule has 2 fully saturated rings. The quantitative estimate of drug-likeness (QED) is 0.504. The van der Waals surface area contributed by atoms with Gasteiger partial charge in [0.05, 0.1) is 19.8 Å². The molecule has 146 valence electrons. The van der Waals surface area contributed by atoms with Crippen LogP contribution in [0.15, 0.2) is 23.8 Å². The highest BCUT2D eigenvalue weighted by molar-refractivity contribution is 5.87. The lowest BCUT2D eigenvalue weighted by atomic mass is 9.53. The van der Waals surface area contributed by atoms with Crippen LogP contribution in [0.1, 0.15) is 65.2 Å². The number of rotatable bonds is 8. The number of ether oxygens (including phenoxy) is 1. The second-order valence-electron chi connectivity index (χ2n) is 8.82. The molecule has 0 heterocycles. The lowest BCUT2D eigenvalue weighted by molar-refractivity contribution is -0.129. The van der Waals surface area contributed by atoms with Crippen molar-refractivity contribution < 1.29 is 14.6 Å². The Labute approximate surface area is 158 Å². The Balaban J connectivity index is 1.96. The van der Waals surface area contributed by atoms with Gasteiger partial charge in [-0.05, 0) is 56.3 Å². The van der Waals surface area contributed by atoms with Gasteiger partial charge in [0.2, 0.25) is 0 Å². The molecule has 26 heavy (non-hydrogen) atoms. The van der Waals surface area contributed by atoms with Crippen LogP contribution in [0.4, 0.5) is 0 Å². The number of aliphatic hydroxyl groups is 1. The molecule has 0 aromatic carbocycles. The molecular weight excluding hydrogens is 324 g/mol. The van der Waals surface area contributed by atoms with E-state index < -0.39 is 0 Å². The van der Waals surface area contributed by atoms with E-state index in [2.05, 4.69) is 20.4 Å². The molecule has 2 saturated carbocycles. The Hall–Kier alpha value is -0.930. The molecule has 3 rings (SSSR count). The van der Waals surface area contributed by atoms with Crippen LogP contribution in [0.25, 0.3) is 0 Å². The number of aliphatic hydroxyl groups excluding tert-OH is 1. The minimum atomic E-state index is -0.112. The van der Waals surface area contributed by atoms with Crippen molar-refractivity contribution in [1.29, 1.82) is 0 Å². The van der Waals surface area contributed by atoms with Crippen molar-refractivity contribution in [2.75, 3.05) is 19.8 Å². The van der Waals surface area contributed by atoms with Crippen LogP contribution in [0.5, 0.6) is 0 Å². The van der Waals surface area contributed by atoms with Crippen molar-refractivity contribution in [3.05, 3.63) is 23.8 Å². The van der Waals surface area contributed by atoms with E-state index in [0.717, 1.165) is 51.6 Å². The van der Waals surface area contributed by atoms with E-state index >= 15 is 0 Å². The standard InChI is InChI=1S/C23H36O3/c1-4-6-16-14-23(3)20(10-11-21(23)25)19-9-8-17(15-26-13-12-24)18(7-5-2)22(16)19/h4,16-17,19-20,24H,1,5-15H2,2-3H3. The minimum Gasteiger partial charge on any atom is -0.394 e. The Morgan fingerprint density at radius 3 is 2.81 bits per heavy atom. The van der Waals surface area contributed by atoms with Crippen LogP contribution in [-0.4, -0.2) is 30.7 Å². The zero-order chi connectivity index (χ0) is 18.7. The van der Waals surface area contributed by atoms with Gasteiger partial charge in [0.25, 0.3) is 0 Å². The van der Waals surface area contributed by atoms with E-state index in [1.807, 2.05) is 6.08 Å². The van der Waals surface area contributed by atoms with Crippen molar-refractivity contribution in [2.45, 2.75) is 65.2 Å². The molecular formula is C23H36O3. The molecule has 3 heteroatoms. The van der Waals surface area contributed by atoms with Gasteiger partial charge in [0.1, 0.15) is 5.78 Å². The normalized spacial score (nSPS) is 36.8. The Morgan fingerprint density at radius 1 is 1.31 bits per heavy atom. The van der Waals surface area contributed by atoms with Crippen LogP contribution in [0.2, 0.25) is 0 Å². The summed E-state index contributed by atoms with van der Waals surface area (Å²) in [4.78, 5) is 12.7. The molecule has 0 amide bonds. The average Bonchev–Trinajstić information content (AvgIpc) is 2.92. The highest BCUT2D eigenvalue weighted by Crippen LogP contribution is 2.60. The molecule has 0 bridgehead atoms. The summed E-state index contributed by atoms with van der Waals surface area (Å²) in [6, 6.07) is 0. The second-order valence-corrected chi connectivity index (χ2v) is 8.82. The summed E-state index contributed by atoms with van der Waals surface area (Å²) in [5.41, 5.74) is 3.18. The van der Waals surface area contributed by atoms with Crippen molar-refractivity contribution in [2.24, 2.45) is 29.1 Å². The topological polar surface area (TPSA) is 46.5 Å². The Bertz CT molecular complexity index is 564.